The summed E-state index contributed by atoms with van der Waals surface area (Å²) < 4.78 is 5.69. The van der Waals surface area contributed by atoms with Crippen LogP contribution in [-0.2, 0) is 9.53 Å². The molecule has 1 radical (unpaired) electrons. The van der Waals surface area contributed by atoms with E-state index in [9.17, 15) is 4.79 Å². The number of epoxide rings is 1. The van der Waals surface area contributed by atoms with Crippen molar-refractivity contribution in [3.05, 3.63) is 12.2 Å². The van der Waals surface area contributed by atoms with Crippen LogP contribution in [0, 0.1) is 0 Å². The Bertz CT molecular complexity index is 260. The Hall–Kier alpha value is -0.630. The van der Waals surface area contributed by atoms with Crippen LogP contribution in [0.5, 0.6) is 0 Å². The van der Waals surface area contributed by atoms with Crippen molar-refractivity contribution < 1.29 is 9.53 Å². The lowest BCUT2D eigenvalue weighted by molar-refractivity contribution is 0.358. The molecular weight excluding hydrogens is 248 g/mol. The van der Waals surface area contributed by atoms with Gasteiger partial charge in [0.15, 0.2) is 6.29 Å². The molecule has 0 N–H and O–H groups in total. The second-order valence-corrected chi connectivity index (χ2v) is 5.87. The SMILES string of the molecule is CCCCCC=CCC1OC1CCCCCCC[C]=O. The first-order valence-electron chi connectivity index (χ1n) is 8.54. The van der Waals surface area contributed by atoms with Crippen molar-refractivity contribution >= 4 is 6.29 Å². The molecule has 1 aliphatic rings. The van der Waals surface area contributed by atoms with E-state index in [1.54, 1.807) is 0 Å². The van der Waals surface area contributed by atoms with Crippen LogP contribution >= 0.6 is 0 Å². The number of hydrogen-bond acceptors (Lipinski definition) is 2. The first kappa shape index (κ1) is 17.4. The summed E-state index contributed by atoms with van der Waals surface area (Å²) in [6.45, 7) is 2.24. The van der Waals surface area contributed by atoms with E-state index in [4.69, 9.17) is 4.74 Å². The minimum Gasteiger partial charge on any atom is -0.369 e. The zero-order valence-corrected chi connectivity index (χ0v) is 13.1. The molecule has 0 amide bonds. The van der Waals surface area contributed by atoms with Gasteiger partial charge in [0.25, 0.3) is 0 Å². The minimum atomic E-state index is 0.502. The normalized spacial score (nSPS) is 21.4. The largest absolute Gasteiger partial charge is 0.369 e. The van der Waals surface area contributed by atoms with E-state index in [2.05, 4.69) is 19.1 Å². The van der Waals surface area contributed by atoms with Gasteiger partial charge in [-0.25, -0.2) is 0 Å². The third-order valence-electron chi connectivity index (χ3n) is 3.96. The topological polar surface area (TPSA) is 29.6 Å². The first-order valence-corrected chi connectivity index (χ1v) is 8.54. The van der Waals surface area contributed by atoms with Gasteiger partial charge in [0.1, 0.15) is 0 Å². The molecule has 2 heteroatoms. The molecule has 1 fully saturated rings. The van der Waals surface area contributed by atoms with Crippen molar-refractivity contribution in [3.63, 3.8) is 0 Å². The van der Waals surface area contributed by atoms with Gasteiger partial charge in [-0.05, 0) is 32.1 Å². The highest BCUT2D eigenvalue weighted by atomic mass is 16.6. The van der Waals surface area contributed by atoms with Gasteiger partial charge in [0, 0.05) is 6.42 Å². The Labute approximate surface area is 125 Å². The molecule has 0 aliphatic carbocycles. The van der Waals surface area contributed by atoms with E-state index in [0.717, 1.165) is 12.8 Å². The summed E-state index contributed by atoms with van der Waals surface area (Å²) in [5, 5.41) is 0. The second kappa shape index (κ2) is 12.1. The first-order chi connectivity index (χ1) is 9.88. The fraction of sp³-hybridized carbons (Fsp3) is 0.833. The summed E-state index contributed by atoms with van der Waals surface area (Å²) in [5.41, 5.74) is 0. The summed E-state index contributed by atoms with van der Waals surface area (Å²) in [4.78, 5) is 10.0. The Kier molecular flexibility index (Phi) is 10.6. The van der Waals surface area contributed by atoms with Gasteiger partial charge in [-0.15, -0.1) is 0 Å². The van der Waals surface area contributed by atoms with Crippen LogP contribution in [0.3, 0.4) is 0 Å². The van der Waals surface area contributed by atoms with Crippen LogP contribution in [0.25, 0.3) is 0 Å². The molecule has 0 aromatic carbocycles. The van der Waals surface area contributed by atoms with Gasteiger partial charge < -0.3 is 4.74 Å². The van der Waals surface area contributed by atoms with Gasteiger partial charge >= 0.3 is 0 Å². The zero-order valence-electron chi connectivity index (χ0n) is 13.1. The van der Waals surface area contributed by atoms with Gasteiger partial charge in [-0.1, -0.05) is 57.6 Å². The van der Waals surface area contributed by atoms with Gasteiger partial charge in [0.05, 0.1) is 12.2 Å². The minimum absolute atomic E-state index is 0.502. The Morgan fingerprint density at radius 2 is 1.75 bits per heavy atom. The molecule has 2 nitrogen and oxygen atoms in total. The van der Waals surface area contributed by atoms with Gasteiger partial charge in [-0.3, -0.25) is 4.79 Å². The number of ether oxygens (including phenoxy) is 1. The third kappa shape index (κ3) is 9.30. The monoisotopic (exact) mass is 279 g/mol. The lowest BCUT2D eigenvalue weighted by Crippen LogP contribution is -1.93. The van der Waals surface area contributed by atoms with Crippen LogP contribution in [0.4, 0.5) is 0 Å². The molecule has 1 aliphatic heterocycles. The summed E-state index contributed by atoms with van der Waals surface area (Å²) >= 11 is 0. The van der Waals surface area contributed by atoms with Gasteiger partial charge in [-0.2, -0.15) is 0 Å². The van der Waals surface area contributed by atoms with Crippen molar-refractivity contribution in [1.82, 2.24) is 0 Å². The molecule has 0 spiro atoms. The smallest absolute Gasteiger partial charge is 0.198 e. The highest BCUT2D eigenvalue weighted by Gasteiger charge is 2.36. The highest BCUT2D eigenvalue weighted by molar-refractivity contribution is 5.50. The van der Waals surface area contributed by atoms with Crippen LogP contribution < -0.4 is 0 Å². The molecule has 1 rings (SSSR count). The number of rotatable bonds is 14. The predicted octanol–water partition coefficient (Wildman–Crippen LogP) is 5.12. The average molecular weight is 279 g/mol. The molecule has 0 aromatic heterocycles. The molecule has 20 heavy (non-hydrogen) atoms. The molecular formula is C18H31O2. The lowest BCUT2D eigenvalue weighted by atomic mass is 10.1. The standard InChI is InChI=1S/C18H31O2/c1-2-3-4-5-8-11-14-17-18(20-17)15-12-9-6-7-10-13-16-19/h8,11,17-18H,2-7,9-10,12-15H2,1H3. The molecule has 1 heterocycles. The molecule has 1 saturated heterocycles. The van der Waals surface area contributed by atoms with E-state index in [0.29, 0.717) is 18.6 Å². The zero-order chi connectivity index (χ0) is 14.5. The van der Waals surface area contributed by atoms with Gasteiger partial charge in [0.2, 0.25) is 0 Å². The van der Waals surface area contributed by atoms with Crippen molar-refractivity contribution in [2.75, 3.05) is 0 Å². The Morgan fingerprint density at radius 3 is 2.55 bits per heavy atom. The number of carbonyl (C=O) groups excluding carboxylic acids is 1. The summed E-state index contributed by atoms with van der Waals surface area (Å²) in [6, 6.07) is 0. The number of allylic oxidation sites excluding steroid dienone is 1. The van der Waals surface area contributed by atoms with Crippen LogP contribution in [0.15, 0.2) is 12.2 Å². The highest BCUT2D eigenvalue weighted by Crippen LogP contribution is 2.30. The fourth-order valence-corrected chi connectivity index (χ4v) is 2.57. The average Bonchev–Trinajstić information content (AvgIpc) is 3.20. The molecule has 0 saturated carbocycles. The van der Waals surface area contributed by atoms with Crippen molar-refractivity contribution in [1.29, 1.82) is 0 Å². The molecule has 0 aromatic rings. The lowest BCUT2D eigenvalue weighted by Gasteiger charge is -1.98. The van der Waals surface area contributed by atoms with E-state index in [-0.39, 0.29) is 0 Å². The number of hydrogen-bond donors (Lipinski definition) is 0. The van der Waals surface area contributed by atoms with E-state index < -0.39 is 0 Å². The summed E-state index contributed by atoms with van der Waals surface area (Å²) in [5.74, 6) is 0. The van der Waals surface area contributed by atoms with Crippen LogP contribution in [0.2, 0.25) is 0 Å². The van der Waals surface area contributed by atoms with Crippen molar-refractivity contribution in [2.24, 2.45) is 0 Å². The molecule has 115 valence electrons. The molecule has 2 unspecified atom stereocenters. The maximum Gasteiger partial charge on any atom is 0.198 e. The van der Waals surface area contributed by atoms with Crippen LogP contribution in [0.1, 0.15) is 84.0 Å². The Balaban J connectivity index is 1.82. The maximum atomic E-state index is 10.0. The fourth-order valence-electron chi connectivity index (χ4n) is 2.57. The Morgan fingerprint density at radius 1 is 0.950 bits per heavy atom. The third-order valence-corrected chi connectivity index (χ3v) is 3.96. The predicted molar refractivity (Wildman–Crippen MR) is 84.6 cm³/mol. The van der Waals surface area contributed by atoms with Crippen molar-refractivity contribution in [3.8, 4) is 0 Å². The maximum absolute atomic E-state index is 10.0. The summed E-state index contributed by atoms with van der Waals surface area (Å²) in [7, 11) is 0. The summed E-state index contributed by atoms with van der Waals surface area (Å²) in [6.07, 6.45) is 21.7. The molecule has 2 atom stereocenters. The van der Waals surface area contributed by atoms with E-state index in [1.807, 2.05) is 6.29 Å². The number of unbranched alkanes of at least 4 members (excludes halogenated alkanes) is 8. The van der Waals surface area contributed by atoms with E-state index in [1.165, 1.54) is 57.8 Å². The quantitative estimate of drug-likeness (QED) is 0.251. The van der Waals surface area contributed by atoms with Crippen molar-refractivity contribution in [2.45, 2.75) is 96.2 Å². The molecule has 0 bridgehead atoms. The van der Waals surface area contributed by atoms with Crippen LogP contribution in [-0.4, -0.2) is 18.5 Å². The van der Waals surface area contributed by atoms with E-state index >= 15 is 0 Å². The second-order valence-electron chi connectivity index (χ2n) is 5.87.